The first-order valence-electron chi connectivity index (χ1n) is 7.93. The largest absolute Gasteiger partial charge is 0.497 e. The molecule has 1 aliphatic heterocycles. The molecule has 1 atom stereocenters. The van der Waals surface area contributed by atoms with Gasteiger partial charge in [-0.15, -0.1) is 0 Å². The molecule has 1 unspecified atom stereocenters. The third-order valence-corrected chi connectivity index (χ3v) is 4.08. The van der Waals surface area contributed by atoms with E-state index in [1.54, 1.807) is 12.0 Å². The summed E-state index contributed by atoms with van der Waals surface area (Å²) in [5, 5.41) is 2.95. The second kappa shape index (κ2) is 7.17. The summed E-state index contributed by atoms with van der Waals surface area (Å²) in [7, 11) is 1.61. The molecule has 5 heteroatoms. The molecule has 5 nitrogen and oxygen atoms in total. The van der Waals surface area contributed by atoms with Crippen LogP contribution in [0.15, 0.2) is 54.6 Å². The molecule has 0 aliphatic carbocycles. The Morgan fingerprint density at radius 1 is 1.17 bits per heavy atom. The van der Waals surface area contributed by atoms with E-state index >= 15 is 0 Å². The molecular formula is C19H20N2O3. The van der Waals surface area contributed by atoms with Gasteiger partial charge in [-0.25, -0.2) is 0 Å². The van der Waals surface area contributed by atoms with Crippen molar-refractivity contribution in [3.63, 3.8) is 0 Å². The van der Waals surface area contributed by atoms with Crippen LogP contribution in [0.1, 0.15) is 12.0 Å². The molecule has 2 aromatic carbocycles. The number of benzene rings is 2. The first-order chi connectivity index (χ1) is 11.7. The molecule has 0 aromatic heterocycles. The zero-order valence-electron chi connectivity index (χ0n) is 13.6. The predicted molar refractivity (Wildman–Crippen MR) is 92.0 cm³/mol. The van der Waals surface area contributed by atoms with Crippen LogP contribution in [0.25, 0.3) is 0 Å². The number of methoxy groups -OCH3 is 1. The molecule has 1 aliphatic rings. The number of nitrogens with one attached hydrogen (secondary N) is 1. The maximum absolute atomic E-state index is 12.2. The van der Waals surface area contributed by atoms with Crippen LogP contribution < -0.4 is 15.0 Å². The van der Waals surface area contributed by atoms with Gasteiger partial charge in [0, 0.05) is 18.7 Å². The van der Waals surface area contributed by atoms with Crippen LogP contribution in [-0.4, -0.2) is 31.5 Å². The van der Waals surface area contributed by atoms with Gasteiger partial charge in [0.25, 0.3) is 0 Å². The topological polar surface area (TPSA) is 58.6 Å². The Hall–Kier alpha value is -2.82. The summed E-state index contributed by atoms with van der Waals surface area (Å²) in [6.07, 6.45) is 0.628. The van der Waals surface area contributed by atoms with Crippen LogP contribution in [0.5, 0.6) is 5.75 Å². The summed E-state index contributed by atoms with van der Waals surface area (Å²) in [6, 6.07) is 16.8. The maximum Gasteiger partial charge on any atom is 0.229 e. The highest BCUT2D eigenvalue weighted by Gasteiger charge is 2.31. The second-order valence-electron chi connectivity index (χ2n) is 5.83. The molecule has 1 fully saturated rings. The van der Waals surface area contributed by atoms with Gasteiger partial charge in [0.1, 0.15) is 5.75 Å². The number of hydrogen-bond acceptors (Lipinski definition) is 3. The number of ether oxygens (including phenoxy) is 1. The van der Waals surface area contributed by atoms with Gasteiger partial charge in [0.05, 0.1) is 19.6 Å². The van der Waals surface area contributed by atoms with Crippen LogP contribution in [0.3, 0.4) is 0 Å². The Bertz CT molecular complexity index is 713. The Labute approximate surface area is 141 Å². The summed E-state index contributed by atoms with van der Waals surface area (Å²) in [5.41, 5.74) is 1.78. The number of carbonyl (C=O) groups is 2. The maximum atomic E-state index is 12.2. The van der Waals surface area contributed by atoms with Crippen molar-refractivity contribution >= 4 is 17.5 Å². The fraction of sp³-hybridized carbons (Fsp3) is 0.263. The van der Waals surface area contributed by atoms with Crippen molar-refractivity contribution in [2.45, 2.75) is 18.9 Å². The van der Waals surface area contributed by atoms with Gasteiger partial charge in [-0.3, -0.25) is 9.59 Å². The summed E-state index contributed by atoms with van der Waals surface area (Å²) in [6.45, 7) is 0.511. The number of amides is 2. The van der Waals surface area contributed by atoms with Gasteiger partial charge in [-0.1, -0.05) is 30.3 Å². The van der Waals surface area contributed by atoms with E-state index in [0.717, 1.165) is 17.0 Å². The Balaban J connectivity index is 1.56. The summed E-state index contributed by atoms with van der Waals surface area (Å²) >= 11 is 0. The molecule has 1 N–H and O–H groups in total. The van der Waals surface area contributed by atoms with Crippen molar-refractivity contribution in [3.8, 4) is 5.75 Å². The van der Waals surface area contributed by atoms with E-state index in [0.29, 0.717) is 19.4 Å². The minimum absolute atomic E-state index is 0.0379. The highest BCUT2D eigenvalue weighted by molar-refractivity contribution is 5.96. The molecule has 0 spiro atoms. The highest BCUT2D eigenvalue weighted by Crippen LogP contribution is 2.21. The lowest BCUT2D eigenvalue weighted by Gasteiger charge is -2.17. The van der Waals surface area contributed by atoms with Crippen LogP contribution in [-0.2, 0) is 16.0 Å². The van der Waals surface area contributed by atoms with E-state index in [2.05, 4.69) is 5.32 Å². The lowest BCUT2D eigenvalue weighted by molar-refractivity contribution is -0.121. The van der Waals surface area contributed by atoms with Crippen LogP contribution >= 0.6 is 0 Å². The van der Waals surface area contributed by atoms with E-state index in [9.17, 15) is 9.59 Å². The average Bonchev–Trinajstić information content (AvgIpc) is 2.96. The number of rotatable bonds is 5. The number of anilines is 1. The molecule has 0 bridgehead atoms. The fourth-order valence-electron chi connectivity index (χ4n) is 2.87. The molecule has 0 radical (unpaired) electrons. The van der Waals surface area contributed by atoms with Crippen molar-refractivity contribution in [1.82, 2.24) is 5.32 Å². The number of para-hydroxylation sites is 1. The lowest BCUT2D eigenvalue weighted by Crippen LogP contribution is -2.38. The zero-order valence-corrected chi connectivity index (χ0v) is 13.6. The van der Waals surface area contributed by atoms with Gasteiger partial charge in [-0.05, 0) is 29.8 Å². The SMILES string of the molecule is COc1ccc(CC(=O)NC2CC(=O)N(c3ccccc3)C2)cc1. The Morgan fingerprint density at radius 2 is 1.88 bits per heavy atom. The van der Waals surface area contributed by atoms with E-state index in [4.69, 9.17) is 4.74 Å². The van der Waals surface area contributed by atoms with Gasteiger partial charge in [0.2, 0.25) is 11.8 Å². The standard InChI is InChI=1S/C19H20N2O3/c1-24-17-9-7-14(8-10-17)11-18(22)20-15-12-19(23)21(13-15)16-5-3-2-4-6-16/h2-10,15H,11-13H2,1H3,(H,20,22). The second-order valence-corrected chi connectivity index (χ2v) is 5.83. The third-order valence-electron chi connectivity index (χ3n) is 4.08. The zero-order chi connectivity index (χ0) is 16.9. The smallest absolute Gasteiger partial charge is 0.229 e. The molecule has 2 aromatic rings. The van der Waals surface area contributed by atoms with E-state index < -0.39 is 0 Å². The van der Waals surface area contributed by atoms with E-state index in [1.807, 2.05) is 54.6 Å². The molecule has 3 rings (SSSR count). The molecule has 0 saturated carbocycles. The molecule has 24 heavy (non-hydrogen) atoms. The van der Waals surface area contributed by atoms with Crippen molar-refractivity contribution < 1.29 is 14.3 Å². The quantitative estimate of drug-likeness (QED) is 0.917. The summed E-state index contributed by atoms with van der Waals surface area (Å²) in [4.78, 5) is 26.1. The van der Waals surface area contributed by atoms with Crippen LogP contribution in [0.4, 0.5) is 5.69 Å². The monoisotopic (exact) mass is 324 g/mol. The average molecular weight is 324 g/mol. The Kier molecular flexibility index (Phi) is 4.79. The molecule has 1 saturated heterocycles. The molecular weight excluding hydrogens is 304 g/mol. The van der Waals surface area contributed by atoms with Crippen molar-refractivity contribution in [2.24, 2.45) is 0 Å². The molecule has 2 amide bonds. The number of hydrogen-bond donors (Lipinski definition) is 1. The fourth-order valence-corrected chi connectivity index (χ4v) is 2.87. The van der Waals surface area contributed by atoms with Gasteiger partial charge < -0.3 is 15.0 Å². The normalized spacial score (nSPS) is 17.0. The molecule has 1 heterocycles. The predicted octanol–water partition coefficient (Wildman–Crippen LogP) is 2.16. The minimum atomic E-state index is -0.150. The van der Waals surface area contributed by atoms with Crippen molar-refractivity contribution in [1.29, 1.82) is 0 Å². The van der Waals surface area contributed by atoms with E-state index in [-0.39, 0.29) is 17.9 Å². The van der Waals surface area contributed by atoms with Crippen LogP contribution in [0.2, 0.25) is 0 Å². The molecule has 124 valence electrons. The summed E-state index contributed by atoms with van der Waals surface area (Å²) in [5.74, 6) is 0.725. The van der Waals surface area contributed by atoms with Crippen molar-refractivity contribution in [3.05, 3.63) is 60.2 Å². The van der Waals surface area contributed by atoms with Gasteiger partial charge in [0.15, 0.2) is 0 Å². The third kappa shape index (κ3) is 3.74. The van der Waals surface area contributed by atoms with E-state index in [1.165, 1.54) is 0 Å². The first-order valence-corrected chi connectivity index (χ1v) is 7.93. The highest BCUT2D eigenvalue weighted by atomic mass is 16.5. The minimum Gasteiger partial charge on any atom is -0.497 e. The first kappa shape index (κ1) is 16.1. The van der Waals surface area contributed by atoms with Gasteiger partial charge >= 0.3 is 0 Å². The summed E-state index contributed by atoms with van der Waals surface area (Å²) < 4.78 is 5.10. The van der Waals surface area contributed by atoms with Gasteiger partial charge in [-0.2, -0.15) is 0 Å². The lowest BCUT2D eigenvalue weighted by atomic mass is 10.1. The van der Waals surface area contributed by atoms with Crippen molar-refractivity contribution in [2.75, 3.05) is 18.6 Å². The number of nitrogens with zero attached hydrogens (tertiary/aromatic N) is 1. The Morgan fingerprint density at radius 3 is 2.54 bits per heavy atom. The van der Waals surface area contributed by atoms with Crippen LogP contribution in [0, 0.1) is 0 Å². The number of carbonyl (C=O) groups excluding carboxylic acids is 2.